The van der Waals surface area contributed by atoms with Crippen LogP contribution in [0.25, 0.3) is 0 Å². The summed E-state index contributed by atoms with van der Waals surface area (Å²) in [5.74, 6) is 0.690. The average molecular weight is 417 g/mol. The largest absolute Gasteiger partial charge is 0.497 e. The maximum Gasteiger partial charge on any atom is 0.256 e. The van der Waals surface area contributed by atoms with Gasteiger partial charge in [0.1, 0.15) is 16.5 Å². The molecule has 1 aliphatic rings. The van der Waals surface area contributed by atoms with Gasteiger partial charge in [0.05, 0.1) is 19.8 Å². The molecule has 2 amide bonds. The standard InChI is InChI=1S/C22H28N2O4S/c1-4-5-10-23-21(26)19-17-8-6-7-9-18(17)29-22(19)24-20(25)14-11-15(27-2)13-16(12-14)28-3/h11-13H,4-10H2,1-3H3,(H,23,26)(H,24,25). The zero-order chi connectivity index (χ0) is 20.8. The van der Waals surface area contributed by atoms with Crippen molar-refractivity contribution in [2.75, 3.05) is 26.1 Å². The van der Waals surface area contributed by atoms with Crippen molar-refractivity contribution in [3.05, 3.63) is 39.8 Å². The van der Waals surface area contributed by atoms with Crippen LogP contribution >= 0.6 is 11.3 Å². The van der Waals surface area contributed by atoms with E-state index in [1.165, 1.54) is 16.2 Å². The second-order valence-electron chi connectivity index (χ2n) is 7.08. The maximum atomic E-state index is 13.0. The number of thiophene rings is 1. The van der Waals surface area contributed by atoms with E-state index < -0.39 is 0 Å². The Bertz CT molecular complexity index is 869. The van der Waals surface area contributed by atoms with Gasteiger partial charge in [0.2, 0.25) is 0 Å². The summed E-state index contributed by atoms with van der Waals surface area (Å²) in [6, 6.07) is 5.03. The van der Waals surface area contributed by atoms with E-state index in [2.05, 4.69) is 17.6 Å². The lowest BCUT2D eigenvalue weighted by molar-refractivity contribution is 0.0953. The van der Waals surface area contributed by atoms with Crippen molar-refractivity contribution in [2.45, 2.75) is 45.4 Å². The van der Waals surface area contributed by atoms with Crippen molar-refractivity contribution in [2.24, 2.45) is 0 Å². The van der Waals surface area contributed by atoms with E-state index in [1.807, 2.05) is 0 Å². The summed E-state index contributed by atoms with van der Waals surface area (Å²) in [6.45, 7) is 2.73. The monoisotopic (exact) mass is 416 g/mol. The van der Waals surface area contributed by atoms with Crippen molar-refractivity contribution in [1.29, 1.82) is 0 Å². The van der Waals surface area contributed by atoms with Crippen molar-refractivity contribution < 1.29 is 19.1 Å². The third kappa shape index (κ3) is 4.90. The minimum atomic E-state index is -0.289. The number of carbonyl (C=O) groups excluding carboxylic acids is 2. The summed E-state index contributed by atoms with van der Waals surface area (Å²) in [4.78, 5) is 27.1. The Labute approximate surface area is 175 Å². The van der Waals surface area contributed by atoms with Gasteiger partial charge >= 0.3 is 0 Å². The molecule has 0 radical (unpaired) electrons. The lowest BCUT2D eigenvalue weighted by Crippen LogP contribution is -2.26. The molecule has 0 aliphatic heterocycles. The molecule has 0 fully saturated rings. The SMILES string of the molecule is CCCCNC(=O)c1c(NC(=O)c2cc(OC)cc(OC)c2)sc2c1CCCC2. The highest BCUT2D eigenvalue weighted by Gasteiger charge is 2.26. The van der Waals surface area contributed by atoms with Crippen molar-refractivity contribution in [3.8, 4) is 11.5 Å². The van der Waals surface area contributed by atoms with Crippen LogP contribution in [0.2, 0.25) is 0 Å². The fourth-order valence-electron chi connectivity index (χ4n) is 3.48. The van der Waals surface area contributed by atoms with Gasteiger partial charge in [-0.15, -0.1) is 11.3 Å². The fourth-order valence-corrected chi connectivity index (χ4v) is 4.76. The minimum absolute atomic E-state index is 0.101. The first-order valence-electron chi connectivity index (χ1n) is 10.0. The first-order valence-corrected chi connectivity index (χ1v) is 10.9. The normalized spacial score (nSPS) is 12.8. The first kappa shape index (κ1) is 21.2. The molecule has 6 nitrogen and oxygen atoms in total. The van der Waals surface area contributed by atoms with Gasteiger partial charge in [0.25, 0.3) is 11.8 Å². The van der Waals surface area contributed by atoms with Gasteiger partial charge in [0, 0.05) is 23.1 Å². The minimum Gasteiger partial charge on any atom is -0.497 e. The molecule has 1 aliphatic carbocycles. The van der Waals surface area contributed by atoms with Gasteiger partial charge in [-0.3, -0.25) is 9.59 Å². The molecule has 7 heteroatoms. The number of fused-ring (bicyclic) bond motifs is 1. The fraction of sp³-hybridized carbons (Fsp3) is 0.455. The molecule has 0 unspecified atom stereocenters. The molecule has 1 aromatic heterocycles. The highest BCUT2D eigenvalue weighted by molar-refractivity contribution is 7.17. The number of anilines is 1. The van der Waals surface area contributed by atoms with Crippen LogP contribution in [-0.4, -0.2) is 32.6 Å². The number of amides is 2. The number of unbranched alkanes of at least 4 members (excludes halogenated alkanes) is 1. The molecular weight excluding hydrogens is 388 g/mol. The van der Waals surface area contributed by atoms with Crippen LogP contribution in [0.4, 0.5) is 5.00 Å². The van der Waals surface area contributed by atoms with Crippen LogP contribution < -0.4 is 20.1 Å². The number of rotatable bonds is 8. The van der Waals surface area contributed by atoms with Crippen LogP contribution in [0, 0.1) is 0 Å². The molecule has 0 saturated heterocycles. The number of aryl methyl sites for hydroxylation is 1. The van der Waals surface area contributed by atoms with E-state index in [1.54, 1.807) is 32.4 Å². The second-order valence-corrected chi connectivity index (χ2v) is 8.19. The van der Waals surface area contributed by atoms with Crippen molar-refractivity contribution in [3.63, 3.8) is 0 Å². The number of hydrogen-bond donors (Lipinski definition) is 2. The Kier molecular flexibility index (Phi) is 7.14. The molecule has 3 rings (SSSR count). The predicted octanol–water partition coefficient (Wildman–Crippen LogP) is 4.43. The van der Waals surface area contributed by atoms with Gasteiger partial charge in [-0.1, -0.05) is 13.3 Å². The summed E-state index contributed by atoms with van der Waals surface area (Å²) in [5, 5.41) is 6.59. The molecule has 2 aromatic rings. The van der Waals surface area contributed by atoms with E-state index in [9.17, 15) is 9.59 Å². The van der Waals surface area contributed by atoms with Gasteiger partial charge < -0.3 is 20.1 Å². The number of nitrogens with one attached hydrogen (secondary N) is 2. The molecule has 0 spiro atoms. The molecule has 156 valence electrons. The van der Waals surface area contributed by atoms with Gasteiger partial charge in [-0.25, -0.2) is 0 Å². The lowest BCUT2D eigenvalue weighted by Gasteiger charge is -2.13. The zero-order valence-electron chi connectivity index (χ0n) is 17.2. The molecular formula is C22H28N2O4S. The number of benzene rings is 1. The average Bonchev–Trinajstić information content (AvgIpc) is 3.11. The van der Waals surface area contributed by atoms with Gasteiger partial charge in [-0.2, -0.15) is 0 Å². The Morgan fingerprint density at radius 1 is 1.03 bits per heavy atom. The predicted molar refractivity (Wildman–Crippen MR) is 116 cm³/mol. The van der Waals surface area contributed by atoms with Gasteiger partial charge in [0.15, 0.2) is 0 Å². The Morgan fingerprint density at radius 3 is 2.38 bits per heavy atom. The molecule has 1 aromatic carbocycles. The van der Waals surface area contributed by atoms with Crippen LogP contribution in [0.15, 0.2) is 18.2 Å². The van der Waals surface area contributed by atoms with Crippen molar-refractivity contribution in [1.82, 2.24) is 5.32 Å². The second kappa shape index (κ2) is 9.78. The highest BCUT2D eigenvalue weighted by Crippen LogP contribution is 2.38. The number of methoxy groups -OCH3 is 2. The van der Waals surface area contributed by atoms with Crippen LogP contribution in [0.3, 0.4) is 0 Å². The van der Waals surface area contributed by atoms with Crippen LogP contribution in [0.1, 0.15) is 63.8 Å². The quantitative estimate of drug-likeness (QED) is 0.624. The van der Waals surface area contributed by atoms with E-state index in [-0.39, 0.29) is 11.8 Å². The third-order valence-electron chi connectivity index (χ3n) is 5.05. The molecule has 29 heavy (non-hydrogen) atoms. The van der Waals surface area contributed by atoms with E-state index in [4.69, 9.17) is 9.47 Å². The molecule has 1 heterocycles. The molecule has 0 saturated carbocycles. The number of hydrogen-bond acceptors (Lipinski definition) is 5. The zero-order valence-corrected chi connectivity index (χ0v) is 18.0. The maximum absolute atomic E-state index is 13.0. The summed E-state index contributed by atoms with van der Waals surface area (Å²) >= 11 is 1.52. The third-order valence-corrected chi connectivity index (χ3v) is 6.26. The van der Waals surface area contributed by atoms with Crippen LogP contribution in [-0.2, 0) is 12.8 Å². The van der Waals surface area contributed by atoms with E-state index in [0.29, 0.717) is 34.2 Å². The lowest BCUT2D eigenvalue weighted by atomic mass is 9.95. The van der Waals surface area contributed by atoms with Gasteiger partial charge in [-0.05, 0) is 49.8 Å². The Morgan fingerprint density at radius 2 is 1.72 bits per heavy atom. The van der Waals surface area contributed by atoms with E-state index in [0.717, 1.165) is 44.1 Å². The highest BCUT2D eigenvalue weighted by atomic mass is 32.1. The molecule has 0 bridgehead atoms. The number of ether oxygens (including phenoxy) is 2. The summed E-state index contributed by atoms with van der Waals surface area (Å²) < 4.78 is 10.5. The molecule has 0 atom stereocenters. The number of carbonyl (C=O) groups is 2. The Hall–Kier alpha value is -2.54. The topological polar surface area (TPSA) is 76.7 Å². The summed E-state index contributed by atoms with van der Waals surface area (Å²) in [7, 11) is 3.09. The summed E-state index contributed by atoms with van der Waals surface area (Å²) in [5.41, 5.74) is 2.14. The smallest absolute Gasteiger partial charge is 0.256 e. The Balaban J connectivity index is 1.89. The van der Waals surface area contributed by atoms with Crippen LogP contribution in [0.5, 0.6) is 11.5 Å². The van der Waals surface area contributed by atoms with E-state index >= 15 is 0 Å². The first-order chi connectivity index (χ1) is 14.1. The molecule has 2 N–H and O–H groups in total. The summed E-state index contributed by atoms with van der Waals surface area (Å²) in [6.07, 6.45) is 5.97. The van der Waals surface area contributed by atoms with Crippen molar-refractivity contribution >= 4 is 28.2 Å².